The van der Waals surface area contributed by atoms with Crippen molar-refractivity contribution in [3.05, 3.63) is 26.9 Å². The number of hydrogen-bond donors (Lipinski definition) is 1. The van der Waals surface area contributed by atoms with Gasteiger partial charge in [0, 0.05) is 0 Å². The quantitative estimate of drug-likeness (QED) is 0.812. The topological polar surface area (TPSA) is 33.1 Å². The first kappa shape index (κ1) is 8.97. The number of aromatic nitrogens is 1. The zero-order valence-corrected chi connectivity index (χ0v) is 8.28. The van der Waals surface area contributed by atoms with E-state index >= 15 is 0 Å². The van der Waals surface area contributed by atoms with Crippen LogP contribution in [0.5, 0.6) is 0 Å². The maximum absolute atomic E-state index is 8.74. The van der Waals surface area contributed by atoms with Crippen molar-refractivity contribution in [1.29, 1.82) is 0 Å². The average molecular weight is 236 g/mol. The number of nitrogens with zero attached hydrogens (tertiary/aromatic N) is 1. The average Bonchev–Trinajstić information content (AvgIpc) is 1.99. The summed E-state index contributed by atoms with van der Waals surface area (Å²) in [6, 6.07) is 1.64. The molecule has 0 amide bonds. The predicted octanol–water partition coefficient (Wildman–Crippen LogP) is 2.30. The lowest BCUT2D eigenvalue weighted by molar-refractivity contribution is 0.276. The van der Waals surface area contributed by atoms with E-state index in [1.807, 2.05) is 6.92 Å². The third kappa shape index (κ3) is 1.92. The standard InChI is InChI=1S/C7H7BrClNO/c1-4-7(8)6(9)2-5(3-11)10-4/h2,11H,3H2,1H3. The van der Waals surface area contributed by atoms with Crippen LogP contribution in [0.25, 0.3) is 0 Å². The highest BCUT2D eigenvalue weighted by atomic mass is 79.9. The number of pyridine rings is 1. The van der Waals surface area contributed by atoms with Crippen LogP contribution in [0, 0.1) is 6.92 Å². The highest BCUT2D eigenvalue weighted by Crippen LogP contribution is 2.25. The van der Waals surface area contributed by atoms with Crippen molar-refractivity contribution < 1.29 is 5.11 Å². The van der Waals surface area contributed by atoms with Gasteiger partial charge in [-0.25, -0.2) is 0 Å². The fourth-order valence-electron chi connectivity index (χ4n) is 0.760. The fraction of sp³-hybridized carbons (Fsp3) is 0.286. The van der Waals surface area contributed by atoms with Crippen molar-refractivity contribution in [2.24, 2.45) is 0 Å². The lowest BCUT2D eigenvalue weighted by atomic mass is 10.3. The molecular formula is C7H7BrClNO. The zero-order valence-electron chi connectivity index (χ0n) is 5.93. The largest absolute Gasteiger partial charge is 0.390 e. The molecule has 0 spiro atoms. The van der Waals surface area contributed by atoms with Gasteiger partial charge in [-0.1, -0.05) is 11.6 Å². The maximum Gasteiger partial charge on any atom is 0.0853 e. The molecule has 0 aromatic carbocycles. The Morgan fingerprint density at radius 3 is 2.82 bits per heavy atom. The second kappa shape index (κ2) is 3.52. The minimum Gasteiger partial charge on any atom is -0.390 e. The van der Waals surface area contributed by atoms with Crippen molar-refractivity contribution in [3.8, 4) is 0 Å². The van der Waals surface area contributed by atoms with Gasteiger partial charge in [-0.2, -0.15) is 0 Å². The van der Waals surface area contributed by atoms with Crippen LogP contribution in [-0.4, -0.2) is 10.1 Å². The molecule has 0 aliphatic rings. The van der Waals surface area contributed by atoms with Crippen molar-refractivity contribution in [1.82, 2.24) is 4.98 Å². The molecule has 4 heteroatoms. The summed E-state index contributed by atoms with van der Waals surface area (Å²) in [5.74, 6) is 0. The molecule has 0 radical (unpaired) electrons. The summed E-state index contributed by atoms with van der Waals surface area (Å²) in [6.07, 6.45) is 0. The summed E-state index contributed by atoms with van der Waals surface area (Å²) < 4.78 is 0.788. The third-order valence-corrected chi connectivity index (χ3v) is 2.82. The van der Waals surface area contributed by atoms with Crippen LogP contribution in [0.15, 0.2) is 10.5 Å². The van der Waals surface area contributed by atoms with Gasteiger partial charge in [0.25, 0.3) is 0 Å². The Morgan fingerprint density at radius 2 is 2.36 bits per heavy atom. The van der Waals surface area contributed by atoms with Crippen molar-refractivity contribution in [2.75, 3.05) is 0 Å². The second-order valence-electron chi connectivity index (χ2n) is 2.15. The molecule has 1 rings (SSSR count). The SMILES string of the molecule is Cc1nc(CO)cc(Cl)c1Br. The fourth-order valence-corrected chi connectivity index (χ4v) is 1.23. The molecule has 0 saturated carbocycles. The van der Waals surface area contributed by atoms with Gasteiger partial charge in [0.05, 0.1) is 27.5 Å². The first-order valence-corrected chi connectivity index (χ1v) is 4.24. The number of aliphatic hydroxyl groups is 1. The van der Waals surface area contributed by atoms with E-state index in [1.165, 1.54) is 0 Å². The van der Waals surface area contributed by atoms with Crippen molar-refractivity contribution in [2.45, 2.75) is 13.5 Å². The Kier molecular flexibility index (Phi) is 2.87. The smallest absolute Gasteiger partial charge is 0.0853 e. The molecule has 0 saturated heterocycles. The van der Waals surface area contributed by atoms with Crippen molar-refractivity contribution in [3.63, 3.8) is 0 Å². The van der Waals surface area contributed by atoms with E-state index in [4.69, 9.17) is 16.7 Å². The molecule has 0 fully saturated rings. The van der Waals surface area contributed by atoms with Gasteiger partial charge in [0.2, 0.25) is 0 Å². The number of halogens is 2. The molecule has 0 atom stereocenters. The highest BCUT2D eigenvalue weighted by molar-refractivity contribution is 9.10. The molecule has 2 nitrogen and oxygen atoms in total. The summed E-state index contributed by atoms with van der Waals surface area (Å²) >= 11 is 9.07. The van der Waals surface area contributed by atoms with Crippen LogP contribution in [-0.2, 0) is 6.61 Å². The summed E-state index contributed by atoms with van der Waals surface area (Å²) in [7, 11) is 0. The summed E-state index contributed by atoms with van der Waals surface area (Å²) in [6.45, 7) is 1.75. The molecule has 1 N–H and O–H groups in total. The first-order valence-electron chi connectivity index (χ1n) is 3.07. The number of aliphatic hydroxyl groups excluding tert-OH is 1. The van der Waals surface area contributed by atoms with Gasteiger partial charge in [-0.3, -0.25) is 4.98 Å². The number of hydrogen-bond acceptors (Lipinski definition) is 2. The Balaban J connectivity index is 3.21. The van der Waals surface area contributed by atoms with E-state index in [2.05, 4.69) is 20.9 Å². The third-order valence-electron chi connectivity index (χ3n) is 1.29. The zero-order chi connectivity index (χ0) is 8.43. The Labute approximate surface area is 78.3 Å². The van der Waals surface area contributed by atoms with Gasteiger partial charge in [-0.15, -0.1) is 0 Å². The Hall–Kier alpha value is -0.120. The van der Waals surface area contributed by atoms with E-state index in [9.17, 15) is 0 Å². The molecule has 0 unspecified atom stereocenters. The molecule has 60 valence electrons. The molecule has 0 bridgehead atoms. The lowest BCUT2D eigenvalue weighted by Gasteiger charge is -2.02. The minimum atomic E-state index is -0.0756. The van der Waals surface area contributed by atoms with Crippen LogP contribution in [0.1, 0.15) is 11.4 Å². The highest BCUT2D eigenvalue weighted by Gasteiger charge is 2.03. The molecule has 1 aromatic rings. The molecular weight excluding hydrogens is 229 g/mol. The van der Waals surface area contributed by atoms with Crippen molar-refractivity contribution >= 4 is 27.5 Å². The minimum absolute atomic E-state index is 0.0756. The summed E-state index contributed by atoms with van der Waals surface area (Å²) in [4.78, 5) is 4.07. The van der Waals surface area contributed by atoms with E-state index < -0.39 is 0 Å². The van der Waals surface area contributed by atoms with E-state index in [0.717, 1.165) is 10.2 Å². The van der Waals surface area contributed by atoms with Gasteiger partial charge in [0.1, 0.15) is 0 Å². The van der Waals surface area contributed by atoms with Gasteiger partial charge in [0.15, 0.2) is 0 Å². The first-order chi connectivity index (χ1) is 5.15. The molecule has 11 heavy (non-hydrogen) atoms. The van der Waals surface area contributed by atoms with Gasteiger partial charge >= 0.3 is 0 Å². The maximum atomic E-state index is 8.74. The summed E-state index contributed by atoms with van der Waals surface area (Å²) in [5, 5.41) is 9.33. The van der Waals surface area contributed by atoms with E-state index in [0.29, 0.717) is 10.7 Å². The second-order valence-corrected chi connectivity index (χ2v) is 3.35. The molecule has 0 aliphatic carbocycles. The monoisotopic (exact) mass is 235 g/mol. The van der Waals surface area contributed by atoms with Crippen LogP contribution in [0.2, 0.25) is 5.02 Å². The summed E-state index contributed by atoms with van der Waals surface area (Å²) in [5.41, 5.74) is 1.39. The lowest BCUT2D eigenvalue weighted by Crippen LogP contribution is -1.92. The van der Waals surface area contributed by atoms with Gasteiger partial charge in [-0.05, 0) is 28.9 Å². The number of rotatable bonds is 1. The molecule has 0 aliphatic heterocycles. The Bertz CT molecular complexity index is 254. The number of aryl methyl sites for hydroxylation is 1. The normalized spacial score (nSPS) is 10.2. The van der Waals surface area contributed by atoms with Crippen LogP contribution in [0.4, 0.5) is 0 Å². The Morgan fingerprint density at radius 1 is 1.73 bits per heavy atom. The molecule has 1 heterocycles. The van der Waals surface area contributed by atoms with Crippen LogP contribution < -0.4 is 0 Å². The molecule has 1 aromatic heterocycles. The van der Waals surface area contributed by atoms with Crippen LogP contribution >= 0.6 is 27.5 Å². The van der Waals surface area contributed by atoms with Gasteiger partial charge < -0.3 is 5.11 Å². The van der Waals surface area contributed by atoms with E-state index in [-0.39, 0.29) is 6.61 Å². The van der Waals surface area contributed by atoms with E-state index in [1.54, 1.807) is 6.07 Å². The van der Waals surface area contributed by atoms with Crippen LogP contribution in [0.3, 0.4) is 0 Å². The predicted molar refractivity (Wildman–Crippen MR) is 47.6 cm³/mol.